The third-order valence-corrected chi connectivity index (χ3v) is 6.42. The van der Waals surface area contributed by atoms with E-state index in [2.05, 4.69) is 47.8 Å². The Morgan fingerprint density at radius 3 is 2.79 bits per heavy atom. The number of carbonyl (C=O) groups excluding carboxylic acids is 1. The molecule has 0 saturated heterocycles. The van der Waals surface area contributed by atoms with E-state index < -0.39 is 0 Å². The monoisotopic (exact) mass is 382 g/mol. The first-order valence-corrected chi connectivity index (χ1v) is 10.6. The maximum Gasteiger partial charge on any atom is 0.174 e. The summed E-state index contributed by atoms with van der Waals surface area (Å²) in [5, 5.41) is 3.34. The number of benzene rings is 2. The van der Waals surface area contributed by atoms with E-state index in [4.69, 9.17) is 5.73 Å². The van der Waals surface area contributed by atoms with Gasteiger partial charge in [0, 0.05) is 11.3 Å². The van der Waals surface area contributed by atoms with Crippen molar-refractivity contribution in [2.75, 3.05) is 13.1 Å². The van der Waals surface area contributed by atoms with E-state index in [1.165, 1.54) is 39.0 Å². The van der Waals surface area contributed by atoms with Crippen molar-refractivity contribution in [1.82, 2.24) is 5.32 Å². The molecule has 0 aromatic heterocycles. The van der Waals surface area contributed by atoms with Gasteiger partial charge in [-0.05, 0) is 83.7 Å². The van der Waals surface area contributed by atoms with Gasteiger partial charge in [-0.3, -0.25) is 4.79 Å². The molecule has 3 aliphatic rings. The van der Waals surface area contributed by atoms with Gasteiger partial charge in [0.25, 0.3) is 0 Å². The number of allylic oxidation sites excluding steroid dienone is 4. The van der Waals surface area contributed by atoms with Crippen molar-refractivity contribution in [2.24, 2.45) is 5.73 Å². The molecule has 1 heterocycles. The lowest BCUT2D eigenvalue weighted by atomic mass is 9.73. The summed E-state index contributed by atoms with van der Waals surface area (Å²) in [6.07, 6.45) is 12.0. The number of fused-ring (bicyclic) bond motifs is 5. The summed E-state index contributed by atoms with van der Waals surface area (Å²) in [4.78, 5) is 11.8. The van der Waals surface area contributed by atoms with Gasteiger partial charge in [-0.1, -0.05) is 48.6 Å². The normalized spacial score (nSPS) is 19.9. The summed E-state index contributed by atoms with van der Waals surface area (Å²) in [5.41, 5.74) is 16.7. The standard InChI is InChI=1S/C26H26N2O/c27-15-14-18-9-10-22(25-7-3-5-19(29)16-28-25)24-13-12-21-20-6-2-1-4-17(20)8-11-23(21)26(18)24/h1-7,10,12-13,18,28H,8-9,11,14-16,27H2. The molecule has 29 heavy (non-hydrogen) atoms. The number of rotatable bonds is 3. The van der Waals surface area contributed by atoms with Crippen LogP contribution < -0.4 is 11.1 Å². The van der Waals surface area contributed by atoms with E-state index in [-0.39, 0.29) is 5.78 Å². The molecular weight excluding hydrogens is 356 g/mol. The lowest BCUT2D eigenvalue weighted by Gasteiger charge is -2.32. The molecule has 3 heteroatoms. The van der Waals surface area contributed by atoms with Crippen LogP contribution in [0.1, 0.15) is 41.0 Å². The Bertz CT molecular complexity index is 1070. The number of ketones is 1. The molecule has 0 spiro atoms. The second kappa shape index (κ2) is 7.49. The molecule has 5 rings (SSSR count). The molecule has 0 saturated carbocycles. The van der Waals surface area contributed by atoms with Crippen molar-refractivity contribution < 1.29 is 4.79 Å². The van der Waals surface area contributed by atoms with Gasteiger partial charge < -0.3 is 11.1 Å². The van der Waals surface area contributed by atoms with Gasteiger partial charge in [0.2, 0.25) is 0 Å². The first-order chi connectivity index (χ1) is 14.3. The summed E-state index contributed by atoms with van der Waals surface area (Å²) in [6.45, 7) is 1.05. The van der Waals surface area contributed by atoms with Crippen molar-refractivity contribution in [1.29, 1.82) is 0 Å². The van der Waals surface area contributed by atoms with Crippen LogP contribution in [0.15, 0.2) is 66.4 Å². The zero-order valence-electron chi connectivity index (χ0n) is 16.6. The van der Waals surface area contributed by atoms with Crippen LogP contribution in [0.5, 0.6) is 0 Å². The van der Waals surface area contributed by atoms with Gasteiger partial charge in [-0.15, -0.1) is 0 Å². The molecule has 0 radical (unpaired) electrons. The first kappa shape index (κ1) is 18.1. The Morgan fingerprint density at radius 2 is 1.90 bits per heavy atom. The molecule has 3 N–H and O–H groups in total. The van der Waals surface area contributed by atoms with Crippen molar-refractivity contribution in [3.8, 4) is 11.1 Å². The van der Waals surface area contributed by atoms with Crippen LogP contribution >= 0.6 is 0 Å². The molecule has 3 nitrogen and oxygen atoms in total. The predicted octanol–water partition coefficient (Wildman–Crippen LogP) is 4.28. The maximum absolute atomic E-state index is 11.8. The highest BCUT2D eigenvalue weighted by Gasteiger charge is 2.29. The topological polar surface area (TPSA) is 55.1 Å². The summed E-state index contributed by atoms with van der Waals surface area (Å²) in [7, 11) is 0. The summed E-state index contributed by atoms with van der Waals surface area (Å²) < 4.78 is 0. The van der Waals surface area contributed by atoms with Crippen LogP contribution in [0.2, 0.25) is 0 Å². The lowest BCUT2D eigenvalue weighted by Crippen LogP contribution is -2.23. The second-order valence-corrected chi connectivity index (χ2v) is 8.10. The van der Waals surface area contributed by atoms with Crippen molar-refractivity contribution in [2.45, 2.75) is 31.6 Å². The SMILES string of the molecule is NCCC1CC=C(C2=CC=CC(=O)CN2)c2ccc3c(c21)CCc1ccccc1-3. The third-order valence-electron chi connectivity index (χ3n) is 6.42. The number of aryl methyl sites for hydroxylation is 1. The maximum atomic E-state index is 11.8. The highest BCUT2D eigenvalue weighted by molar-refractivity contribution is 5.94. The molecule has 1 aliphatic heterocycles. The summed E-state index contributed by atoms with van der Waals surface area (Å²) in [5.74, 6) is 0.568. The average molecular weight is 383 g/mol. The molecule has 2 aromatic carbocycles. The molecule has 146 valence electrons. The zero-order valence-corrected chi connectivity index (χ0v) is 16.6. The predicted molar refractivity (Wildman–Crippen MR) is 119 cm³/mol. The Hall–Kier alpha value is -2.91. The Labute approximate surface area is 172 Å². The van der Waals surface area contributed by atoms with Crippen molar-refractivity contribution >= 4 is 11.4 Å². The third kappa shape index (κ3) is 3.16. The minimum absolute atomic E-state index is 0.107. The van der Waals surface area contributed by atoms with Gasteiger partial charge in [0.1, 0.15) is 0 Å². The van der Waals surface area contributed by atoms with Crippen molar-refractivity contribution in [3.63, 3.8) is 0 Å². The average Bonchev–Trinajstić information content (AvgIpc) is 2.98. The number of nitrogens with one attached hydrogen (secondary N) is 1. The summed E-state index contributed by atoms with van der Waals surface area (Å²) in [6, 6.07) is 13.4. The fraction of sp³-hybridized carbons (Fsp3) is 0.269. The minimum Gasteiger partial charge on any atom is -0.377 e. The Balaban J connectivity index is 1.65. The van der Waals surface area contributed by atoms with Crippen LogP contribution in [0.4, 0.5) is 0 Å². The van der Waals surface area contributed by atoms with Crippen LogP contribution in [-0.2, 0) is 17.6 Å². The fourth-order valence-corrected chi connectivity index (χ4v) is 5.09. The Morgan fingerprint density at radius 1 is 1.03 bits per heavy atom. The second-order valence-electron chi connectivity index (χ2n) is 8.10. The minimum atomic E-state index is 0.107. The first-order valence-electron chi connectivity index (χ1n) is 10.6. The van der Waals surface area contributed by atoms with Gasteiger partial charge >= 0.3 is 0 Å². The Kier molecular flexibility index (Phi) is 4.69. The van der Waals surface area contributed by atoms with E-state index in [0.717, 1.165) is 31.4 Å². The van der Waals surface area contributed by atoms with Gasteiger partial charge in [-0.2, -0.15) is 0 Å². The van der Waals surface area contributed by atoms with E-state index in [0.29, 0.717) is 19.0 Å². The number of hydrogen-bond acceptors (Lipinski definition) is 3. The van der Waals surface area contributed by atoms with Gasteiger partial charge in [0.05, 0.1) is 6.54 Å². The molecule has 2 aliphatic carbocycles. The van der Waals surface area contributed by atoms with Crippen molar-refractivity contribution in [3.05, 3.63) is 88.7 Å². The van der Waals surface area contributed by atoms with Crippen LogP contribution in [0.3, 0.4) is 0 Å². The molecule has 0 bridgehead atoms. The van der Waals surface area contributed by atoms with Gasteiger partial charge in [0.15, 0.2) is 5.78 Å². The molecule has 2 aromatic rings. The highest BCUT2D eigenvalue weighted by atomic mass is 16.1. The smallest absolute Gasteiger partial charge is 0.174 e. The molecular formula is C26H26N2O. The van der Waals surface area contributed by atoms with Crippen LogP contribution in [0.25, 0.3) is 16.7 Å². The molecule has 1 unspecified atom stereocenters. The molecule has 0 fully saturated rings. The van der Waals surface area contributed by atoms with Crippen LogP contribution in [-0.4, -0.2) is 18.9 Å². The zero-order chi connectivity index (χ0) is 19.8. The number of nitrogens with two attached hydrogens (primary N) is 1. The van der Waals surface area contributed by atoms with E-state index in [9.17, 15) is 4.79 Å². The highest BCUT2D eigenvalue weighted by Crippen LogP contribution is 2.46. The summed E-state index contributed by atoms with van der Waals surface area (Å²) >= 11 is 0. The van der Waals surface area contributed by atoms with Crippen LogP contribution in [0, 0.1) is 0 Å². The quantitative estimate of drug-likeness (QED) is 0.833. The number of carbonyl (C=O) groups is 1. The number of hydrogen-bond donors (Lipinski definition) is 2. The van der Waals surface area contributed by atoms with E-state index >= 15 is 0 Å². The fourth-order valence-electron chi connectivity index (χ4n) is 5.09. The van der Waals surface area contributed by atoms with Gasteiger partial charge in [-0.25, -0.2) is 0 Å². The lowest BCUT2D eigenvalue weighted by molar-refractivity contribution is -0.113. The van der Waals surface area contributed by atoms with E-state index in [1.807, 2.05) is 12.2 Å². The van der Waals surface area contributed by atoms with E-state index in [1.54, 1.807) is 6.08 Å². The largest absolute Gasteiger partial charge is 0.377 e. The molecule has 1 atom stereocenters. The molecule has 0 amide bonds.